The Morgan fingerprint density at radius 3 is 2.72 bits per heavy atom. The number of aromatic nitrogens is 3. The molecule has 2 heterocycles. The molecule has 1 N–H and O–H groups in total. The van der Waals surface area contributed by atoms with Gasteiger partial charge in [0, 0.05) is 13.1 Å². The van der Waals surface area contributed by atoms with Gasteiger partial charge in [-0.1, -0.05) is 38.5 Å². The number of hydrogen-bond donors (Lipinski definition) is 1. The lowest BCUT2D eigenvalue weighted by Crippen LogP contribution is -2.33. The van der Waals surface area contributed by atoms with Crippen molar-refractivity contribution in [2.24, 2.45) is 13.0 Å². The van der Waals surface area contributed by atoms with Crippen molar-refractivity contribution in [2.45, 2.75) is 58.2 Å². The van der Waals surface area contributed by atoms with Gasteiger partial charge >= 0.3 is 0 Å². The number of hydrogen-bond acceptors (Lipinski definition) is 5. The summed E-state index contributed by atoms with van der Waals surface area (Å²) in [6, 6.07) is 2.08. The van der Waals surface area contributed by atoms with Crippen molar-refractivity contribution in [3.63, 3.8) is 0 Å². The predicted molar refractivity (Wildman–Crippen MR) is 100 cm³/mol. The van der Waals surface area contributed by atoms with Gasteiger partial charge in [-0.3, -0.25) is 4.79 Å². The Kier molecular flexibility index (Phi) is 7.11. The molecule has 25 heavy (non-hydrogen) atoms. The van der Waals surface area contributed by atoms with Crippen LogP contribution in [0.2, 0.25) is 0 Å². The van der Waals surface area contributed by atoms with Gasteiger partial charge in [0.05, 0.1) is 17.6 Å². The van der Waals surface area contributed by atoms with Crippen LogP contribution in [0, 0.1) is 12.8 Å². The maximum atomic E-state index is 12.1. The second kappa shape index (κ2) is 9.08. The van der Waals surface area contributed by atoms with E-state index in [2.05, 4.69) is 36.3 Å². The Hall–Kier alpha value is -1.76. The van der Waals surface area contributed by atoms with Gasteiger partial charge in [0.2, 0.25) is 5.91 Å². The number of amides is 1. The topological polar surface area (TPSA) is 72.9 Å². The number of carbonyl (C=O) groups excluding carboxylic acids is 1. The molecule has 1 amide bonds. The fraction of sp³-hybridized carbons (Fsp3) is 0.611. The molecule has 7 heteroatoms. The molecule has 0 aliphatic rings. The summed E-state index contributed by atoms with van der Waals surface area (Å²) >= 11 is 1.40. The van der Waals surface area contributed by atoms with E-state index in [4.69, 9.17) is 4.42 Å². The van der Waals surface area contributed by atoms with Crippen LogP contribution in [0.5, 0.6) is 0 Å². The summed E-state index contributed by atoms with van der Waals surface area (Å²) in [7, 11) is 1.90. The molecular formula is C18H28N4O2S. The summed E-state index contributed by atoms with van der Waals surface area (Å²) in [6.45, 7) is 8.40. The van der Waals surface area contributed by atoms with Crippen LogP contribution in [0.3, 0.4) is 0 Å². The van der Waals surface area contributed by atoms with Gasteiger partial charge in [0.25, 0.3) is 0 Å². The normalized spacial score (nSPS) is 12.6. The summed E-state index contributed by atoms with van der Waals surface area (Å²) in [6.07, 6.45) is 5.00. The molecular weight excluding hydrogens is 336 g/mol. The van der Waals surface area contributed by atoms with Gasteiger partial charge < -0.3 is 14.3 Å². The summed E-state index contributed by atoms with van der Waals surface area (Å²) in [4.78, 5) is 12.1. The van der Waals surface area contributed by atoms with E-state index in [1.165, 1.54) is 18.2 Å². The lowest BCUT2D eigenvalue weighted by atomic mass is 10.0. The Labute approximate surface area is 153 Å². The second-order valence-corrected chi connectivity index (χ2v) is 7.78. The summed E-state index contributed by atoms with van der Waals surface area (Å²) < 4.78 is 7.21. The molecule has 0 aromatic carbocycles. The molecule has 2 aromatic rings. The Balaban J connectivity index is 1.82. The molecule has 0 radical (unpaired) electrons. The highest BCUT2D eigenvalue weighted by Crippen LogP contribution is 2.25. The highest BCUT2D eigenvalue weighted by atomic mass is 32.2. The van der Waals surface area contributed by atoms with E-state index in [9.17, 15) is 4.79 Å². The number of thioether (sulfide) groups is 1. The molecule has 1 atom stereocenters. The highest BCUT2D eigenvalue weighted by molar-refractivity contribution is 7.99. The third-order valence-corrected chi connectivity index (χ3v) is 5.11. The molecule has 0 aliphatic carbocycles. The van der Waals surface area contributed by atoms with Crippen LogP contribution in [0.4, 0.5) is 0 Å². The molecule has 2 aromatic heterocycles. The smallest absolute Gasteiger partial charge is 0.230 e. The monoisotopic (exact) mass is 364 g/mol. The first-order valence-corrected chi connectivity index (χ1v) is 9.73. The van der Waals surface area contributed by atoms with Crippen molar-refractivity contribution in [3.05, 3.63) is 18.1 Å². The minimum atomic E-state index is 0.0334. The number of nitrogens with zero attached hydrogens (tertiary/aromatic N) is 3. The fourth-order valence-corrected chi connectivity index (χ4v) is 3.37. The number of carbonyl (C=O) groups is 1. The maximum Gasteiger partial charge on any atom is 0.230 e. The third-order valence-electron chi connectivity index (χ3n) is 4.09. The largest absolute Gasteiger partial charge is 0.469 e. The zero-order chi connectivity index (χ0) is 18.4. The van der Waals surface area contributed by atoms with Gasteiger partial charge in [-0.05, 0) is 32.3 Å². The van der Waals surface area contributed by atoms with Crippen LogP contribution in [0.25, 0.3) is 11.4 Å². The van der Waals surface area contributed by atoms with E-state index >= 15 is 0 Å². The molecule has 2 rings (SSSR count). The molecule has 0 saturated heterocycles. The number of furan rings is 1. The van der Waals surface area contributed by atoms with Crippen LogP contribution < -0.4 is 5.32 Å². The standard InChI is InChI=1S/C18H28N4O2S/c1-12(2)7-6-8-13(3)19-16(23)11-25-18-21-20-17(22(18)5)15-9-10-24-14(15)4/h9-10,12-13H,6-8,11H2,1-5H3,(H,19,23). The van der Waals surface area contributed by atoms with E-state index < -0.39 is 0 Å². The third kappa shape index (κ3) is 5.63. The lowest BCUT2D eigenvalue weighted by molar-refractivity contribution is -0.119. The van der Waals surface area contributed by atoms with E-state index in [0.717, 1.165) is 35.1 Å². The zero-order valence-electron chi connectivity index (χ0n) is 15.7. The summed E-state index contributed by atoms with van der Waals surface area (Å²) in [5.74, 6) is 2.63. The average molecular weight is 365 g/mol. The SMILES string of the molecule is Cc1occc1-c1nnc(SCC(=O)NC(C)CCCC(C)C)n1C. The van der Waals surface area contributed by atoms with E-state index in [1.54, 1.807) is 6.26 Å². The predicted octanol–water partition coefficient (Wildman–Crippen LogP) is 3.81. The fourth-order valence-electron chi connectivity index (χ4n) is 2.64. The highest BCUT2D eigenvalue weighted by Gasteiger charge is 2.16. The van der Waals surface area contributed by atoms with Gasteiger partial charge in [-0.15, -0.1) is 10.2 Å². The summed E-state index contributed by atoms with van der Waals surface area (Å²) in [5.41, 5.74) is 0.921. The number of aryl methyl sites for hydroxylation is 1. The molecule has 0 bridgehead atoms. The maximum absolute atomic E-state index is 12.1. The van der Waals surface area contributed by atoms with Crippen LogP contribution in [-0.2, 0) is 11.8 Å². The van der Waals surface area contributed by atoms with Crippen LogP contribution in [-0.4, -0.2) is 32.5 Å². The average Bonchev–Trinajstić information content (AvgIpc) is 3.10. The zero-order valence-corrected chi connectivity index (χ0v) is 16.5. The molecule has 6 nitrogen and oxygen atoms in total. The first-order chi connectivity index (χ1) is 11.9. The van der Waals surface area contributed by atoms with Crippen molar-refractivity contribution in [3.8, 4) is 11.4 Å². The molecule has 0 spiro atoms. The van der Waals surface area contributed by atoms with Crippen molar-refractivity contribution >= 4 is 17.7 Å². The second-order valence-electron chi connectivity index (χ2n) is 6.84. The molecule has 0 fully saturated rings. The van der Waals surface area contributed by atoms with Crippen molar-refractivity contribution in [2.75, 3.05) is 5.75 Å². The number of rotatable bonds is 9. The van der Waals surface area contributed by atoms with E-state index in [0.29, 0.717) is 11.7 Å². The minimum Gasteiger partial charge on any atom is -0.469 e. The van der Waals surface area contributed by atoms with Crippen LogP contribution >= 0.6 is 11.8 Å². The first-order valence-electron chi connectivity index (χ1n) is 8.74. The lowest BCUT2D eigenvalue weighted by Gasteiger charge is -2.14. The van der Waals surface area contributed by atoms with Gasteiger partial charge in [-0.25, -0.2) is 0 Å². The van der Waals surface area contributed by atoms with Crippen LogP contribution in [0.1, 0.15) is 45.8 Å². The minimum absolute atomic E-state index is 0.0334. The van der Waals surface area contributed by atoms with E-state index in [-0.39, 0.29) is 11.9 Å². The molecule has 1 unspecified atom stereocenters. The van der Waals surface area contributed by atoms with Crippen molar-refractivity contribution in [1.29, 1.82) is 0 Å². The Morgan fingerprint density at radius 1 is 1.32 bits per heavy atom. The Morgan fingerprint density at radius 2 is 2.08 bits per heavy atom. The summed E-state index contributed by atoms with van der Waals surface area (Å²) in [5, 5.41) is 12.2. The van der Waals surface area contributed by atoms with Crippen molar-refractivity contribution in [1.82, 2.24) is 20.1 Å². The van der Waals surface area contributed by atoms with Gasteiger partial charge in [0.1, 0.15) is 5.76 Å². The van der Waals surface area contributed by atoms with E-state index in [1.807, 2.05) is 24.6 Å². The van der Waals surface area contributed by atoms with Gasteiger partial charge in [-0.2, -0.15) is 0 Å². The molecule has 0 aliphatic heterocycles. The number of nitrogens with one attached hydrogen (secondary N) is 1. The molecule has 0 saturated carbocycles. The quantitative estimate of drug-likeness (QED) is 0.685. The van der Waals surface area contributed by atoms with Crippen molar-refractivity contribution < 1.29 is 9.21 Å². The Bertz CT molecular complexity index is 693. The first kappa shape index (κ1) is 19.6. The van der Waals surface area contributed by atoms with Gasteiger partial charge in [0.15, 0.2) is 11.0 Å². The molecule has 138 valence electrons. The van der Waals surface area contributed by atoms with Crippen LogP contribution in [0.15, 0.2) is 21.9 Å².